The van der Waals surface area contributed by atoms with Gasteiger partial charge in [-0.1, -0.05) is 60.7 Å². The smallest absolute Gasteiger partial charge is 0.496 e. The average Bonchev–Trinajstić information content (AvgIpc) is 3.46. The molecule has 2 heterocycles. The summed E-state index contributed by atoms with van der Waals surface area (Å²) in [6, 6.07) is 19.1. The van der Waals surface area contributed by atoms with Gasteiger partial charge < -0.3 is 18.8 Å². The molecule has 7 nitrogen and oxygen atoms in total. The second kappa shape index (κ2) is 9.44. The van der Waals surface area contributed by atoms with E-state index in [1.165, 1.54) is 0 Å². The van der Waals surface area contributed by atoms with Gasteiger partial charge in [0.1, 0.15) is 6.10 Å². The Bertz CT molecular complexity index is 922. The Labute approximate surface area is 187 Å². The first kappa shape index (κ1) is 21.2. The summed E-state index contributed by atoms with van der Waals surface area (Å²) in [5.41, 5.74) is 2.07. The Hall–Kier alpha value is -2.68. The van der Waals surface area contributed by atoms with Crippen LogP contribution in [0.4, 0.5) is 0 Å². The van der Waals surface area contributed by atoms with Crippen molar-refractivity contribution in [2.45, 2.75) is 50.1 Å². The molecule has 3 aliphatic rings. The summed E-state index contributed by atoms with van der Waals surface area (Å²) >= 11 is 0. The number of carbonyl (C=O) groups excluding carboxylic acids is 2. The highest BCUT2D eigenvalue weighted by Crippen LogP contribution is 2.41. The zero-order chi connectivity index (χ0) is 21.9. The molecule has 0 radical (unpaired) electrons. The van der Waals surface area contributed by atoms with Crippen molar-refractivity contribution in [3.05, 3.63) is 71.8 Å². The second-order valence-corrected chi connectivity index (χ2v) is 8.52. The van der Waals surface area contributed by atoms with E-state index in [9.17, 15) is 9.59 Å². The number of hydrogen-bond donors (Lipinski definition) is 0. The minimum Gasteiger partial charge on any atom is -0.496 e. The third-order valence-electron chi connectivity index (χ3n) is 6.28. The monoisotopic (exact) mass is 435 g/mol. The van der Waals surface area contributed by atoms with Crippen LogP contribution >= 0.6 is 0 Å². The zero-order valence-electron chi connectivity index (χ0n) is 17.8. The van der Waals surface area contributed by atoms with E-state index in [-0.39, 0.29) is 31.3 Å². The van der Waals surface area contributed by atoms with Crippen LogP contribution in [0.2, 0.25) is 0 Å². The van der Waals surface area contributed by atoms with Crippen molar-refractivity contribution in [1.82, 2.24) is 4.90 Å². The number of ether oxygens (including phenoxy) is 2. The first-order chi connectivity index (χ1) is 15.7. The van der Waals surface area contributed by atoms with Crippen molar-refractivity contribution in [2.75, 3.05) is 13.1 Å². The number of rotatable bonds is 6. The number of benzene rings is 2. The lowest BCUT2D eigenvalue weighted by Crippen LogP contribution is -2.51. The molecule has 3 fully saturated rings. The summed E-state index contributed by atoms with van der Waals surface area (Å²) in [6.07, 6.45) is 2.48. The van der Waals surface area contributed by atoms with Gasteiger partial charge in [0.05, 0.1) is 25.8 Å². The van der Waals surface area contributed by atoms with E-state index in [0.717, 1.165) is 30.4 Å². The lowest BCUT2D eigenvalue weighted by molar-refractivity contribution is -0.149. The fraction of sp³-hybridized carbons (Fsp3) is 0.417. The van der Waals surface area contributed by atoms with Crippen LogP contribution in [0.5, 0.6) is 0 Å². The summed E-state index contributed by atoms with van der Waals surface area (Å²) in [4.78, 5) is 27.1. The van der Waals surface area contributed by atoms with Crippen molar-refractivity contribution < 1.29 is 28.4 Å². The van der Waals surface area contributed by atoms with Crippen LogP contribution in [0.15, 0.2) is 60.7 Å². The molecule has 2 aliphatic heterocycles. The molecule has 1 aliphatic carbocycles. The predicted molar refractivity (Wildman–Crippen MR) is 116 cm³/mol. The Balaban J connectivity index is 1.19. The Morgan fingerprint density at radius 3 is 2.25 bits per heavy atom. The fourth-order valence-electron chi connectivity index (χ4n) is 4.65. The highest BCUT2D eigenvalue weighted by molar-refractivity contribution is 6.51. The van der Waals surface area contributed by atoms with Crippen LogP contribution in [0.25, 0.3) is 0 Å². The van der Waals surface area contributed by atoms with Crippen LogP contribution in [-0.4, -0.2) is 55.2 Å². The van der Waals surface area contributed by atoms with E-state index in [1.807, 2.05) is 65.6 Å². The van der Waals surface area contributed by atoms with Gasteiger partial charge in [0.2, 0.25) is 0 Å². The minimum atomic E-state index is -1.02. The van der Waals surface area contributed by atoms with Crippen LogP contribution in [0, 0.1) is 0 Å². The molecule has 2 saturated heterocycles. The molecule has 4 atom stereocenters. The highest BCUT2D eigenvalue weighted by atomic mass is 16.7. The number of nitrogens with zero attached hydrogens (tertiary/aromatic N) is 1. The van der Waals surface area contributed by atoms with Crippen molar-refractivity contribution in [3.63, 3.8) is 0 Å². The van der Waals surface area contributed by atoms with Gasteiger partial charge in [-0.25, -0.2) is 0 Å². The highest BCUT2D eigenvalue weighted by Gasteiger charge is 2.56. The number of carbonyl (C=O) groups is 2. The molecule has 0 bridgehead atoms. The maximum absolute atomic E-state index is 12.6. The average molecular weight is 435 g/mol. The molecule has 8 heteroatoms. The fourth-order valence-corrected chi connectivity index (χ4v) is 4.65. The van der Waals surface area contributed by atoms with Crippen molar-refractivity contribution in [3.8, 4) is 0 Å². The molecule has 0 aromatic heterocycles. The van der Waals surface area contributed by atoms with Gasteiger partial charge in [-0.2, -0.15) is 0 Å². The predicted octanol–water partition coefficient (Wildman–Crippen LogP) is 2.69. The van der Waals surface area contributed by atoms with Gasteiger partial charge in [0.15, 0.2) is 6.00 Å². The van der Waals surface area contributed by atoms with E-state index >= 15 is 0 Å². The molecule has 3 unspecified atom stereocenters. The minimum absolute atomic E-state index is 0.0235. The van der Waals surface area contributed by atoms with E-state index in [2.05, 4.69) is 0 Å². The van der Waals surface area contributed by atoms with Gasteiger partial charge >= 0.3 is 19.1 Å². The van der Waals surface area contributed by atoms with Crippen LogP contribution in [-0.2, 0) is 35.0 Å². The maximum Gasteiger partial charge on any atom is 0.632 e. The third-order valence-corrected chi connectivity index (χ3v) is 6.28. The van der Waals surface area contributed by atoms with Crippen molar-refractivity contribution in [2.24, 2.45) is 0 Å². The normalized spacial score (nSPS) is 28.6. The van der Waals surface area contributed by atoms with Crippen LogP contribution in [0.1, 0.15) is 36.5 Å². The van der Waals surface area contributed by atoms with Gasteiger partial charge in [0, 0.05) is 6.04 Å². The van der Waals surface area contributed by atoms with E-state index in [1.54, 1.807) is 0 Å². The first-order valence-electron chi connectivity index (χ1n) is 11.2. The molecule has 0 N–H and O–H groups in total. The van der Waals surface area contributed by atoms with Gasteiger partial charge in [-0.3, -0.25) is 14.5 Å². The van der Waals surface area contributed by atoms with E-state index < -0.39 is 25.1 Å². The van der Waals surface area contributed by atoms with E-state index in [4.69, 9.17) is 18.8 Å². The third kappa shape index (κ3) is 4.87. The molecular weight excluding hydrogens is 409 g/mol. The van der Waals surface area contributed by atoms with Crippen LogP contribution in [0.3, 0.4) is 0 Å². The lowest BCUT2D eigenvalue weighted by Gasteiger charge is -2.33. The largest absolute Gasteiger partial charge is 0.632 e. The first-order valence-corrected chi connectivity index (χ1v) is 11.2. The summed E-state index contributed by atoms with van der Waals surface area (Å²) < 4.78 is 22.8. The molecule has 2 aromatic carbocycles. The van der Waals surface area contributed by atoms with E-state index in [0.29, 0.717) is 6.61 Å². The summed E-state index contributed by atoms with van der Waals surface area (Å²) in [5, 5.41) is 0. The van der Waals surface area contributed by atoms with Gasteiger partial charge in [-0.05, 0) is 30.4 Å². The number of epoxide rings is 1. The van der Waals surface area contributed by atoms with Gasteiger partial charge in [0.25, 0.3) is 0 Å². The summed E-state index contributed by atoms with van der Waals surface area (Å²) in [5.74, 6) is -0.836. The number of hydrogen-bond acceptors (Lipinski definition) is 7. The molecule has 32 heavy (non-hydrogen) atoms. The summed E-state index contributed by atoms with van der Waals surface area (Å²) in [6.45, 7) is 0.571. The SMILES string of the molecule is O=C1CN(C2CCC[C@@H]2OCc2ccccc2)CC(=O)OB(C2OC2c2ccccc2)O1. The molecule has 5 rings (SSSR count). The standard InChI is InChI=1S/C24H26BNO6/c27-21-14-26(19-12-7-13-20(19)29-16-17-8-3-1-4-9-17)15-22(28)32-25(31-21)24-23(30-24)18-10-5-2-6-11-18/h1-6,8-11,19-20,23-24H,7,12-16H2/t19?,20-,23?,24?/m0/s1. The van der Waals surface area contributed by atoms with Gasteiger partial charge in [-0.15, -0.1) is 0 Å². The molecule has 0 spiro atoms. The lowest BCUT2D eigenvalue weighted by atomic mass is 9.80. The maximum atomic E-state index is 12.6. The zero-order valence-corrected chi connectivity index (χ0v) is 17.8. The molecule has 0 amide bonds. The Morgan fingerprint density at radius 2 is 1.56 bits per heavy atom. The topological polar surface area (TPSA) is 77.6 Å². The van der Waals surface area contributed by atoms with Crippen molar-refractivity contribution in [1.29, 1.82) is 0 Å². The van der Waals surface area contributed by atoms with Crippen molar-refractivity contribution >= 4 is 19.1 Å². The summed E-state index contributed by atoms with van der Waals surface area (Å²) in [7, 11) is -1.02. The Morgan fingerprint density at radius 1 is 0.906 bits per heavy atom. The second-order valence-electron chi connectivity index (χ2n) is 8.52. The quantitative estimate of drug-likeness (QED) is 0.510. The van der Waals surface area contributed by atoms with Crippen LogP contribution < -0.4 is 0 Å². The Kier molecular flexibility index (Phi) is 6.25. The molecule has 2 aromatic rings. The molecule has 1 saturated carbocycles. The molecular formula is C24H26BNO6. The molecule has 166 valence electrons.